The van der Waals surface area contributed by atoms with Gasteiger partial charge in [0, 0.05) is 60.2 Å². The Balaban J connectivity index is 0.000000284. The normalized spacial score (nSPS) is 31.5. The van der Waals surface area contributed by atoms with Crippen molar-refractivity contribution >= 4 is 32.1 Å². The number of methoxy groups -OCH3 is 2. The monoisotopic (exact) mass is 797 g/mol. The van der Waals surface area contributed by atoms with Crippen molar-refractivity contribution in [2.75, 3.05) is 35.4 Å². The molecule has 57 heavy (non-hydrogen) atoms. The van der Waals surface area contributed by atoms with Crippen LogP contribution < -0.4 is 41.0 Å². The summed E-state index contributed by atoms with van der Waals surface area (Å²) in [6.07, 6.45) is 8.32. The zero-order valence-corrected chi connectivity index (χ0v) is 36.7. The molecule has 305 valence electrons. The number of guanidine groups is 2. The molecule has 2 aromatic carbocycles. The minimum Gasteiger partial charge on any atom is -1.00 e. The number of carbonyl (C=O) groups is 2. The van der Waals surface area contributed by atoms with Gasteiger partial charge in [-0.05, 0) is 118 Å². The quantitative estimate of drug-likeness (QED) is 0.167. The van der Waals surface area contributed by atoms with Gasteiger partial charge in [-0.15, -0.1) is 0 Å². The van der Waals surface area contributed by atoms with Crippen LogP contribution in [0.2, 0.25) is 0 Å². The van der Waals surface area contributed by atoms with E-state index in [0.29, 0.717) is 5.56 Å². The third-order valence-corrected chi connectivity index (χ3v) is 13.6. The zero-order valence-electron chi connectivity index (χ0n) is 35.7. The summed E-state index contributed by atoms with van der Waals surface area (Å²) in [5.74, 6) is -1.68. The molecule has 0 bridgehead atoms. The second-order valence-electron chi connectivity index (χ2n) is 16.4. The van der Waals surface area contributed by atoms with Gasteiger partial charge in [0.25, 0.3) is 11.8 Å². The van der Waals surface area contributed by atoms with E-state index >= 15 is 0 Å². The average Bonchev–Trinajstić information content (AvgIpc) is 3.77. The standard InChI is InChI=1S/C20H27N3O4.C20H27N3O3.CH4O.B.Na.H/c1-18(25,26)13-5-4-12-11-19(8-6-14(27-3)7-9-19)20(15(12)10-13)16(24)23(2)17(21)22-20;1-12(24)13-4-5-14-11-19(8-6-15(26-3)7-9-19)20(16(14)10-13)17(25)23(2)18(21)22-20;1-2;;;/h4-5,10,14,25-26H,6-9,11H2,1-3H3,(H2,21,22);4-5,10,12,15,24H,6-9,11H2,1-3H3,(H2,21,22);2H,1H3;;;/q;;;;+1;-1. The van der Waals surface area contributed by atoms with Gasteiger partial charge >= 0.3 is 29.6 Å². The van der Waals surface area contributed by atoms with E-state index in [0.717, 1.165) is 99.1 Å². The number of aliphatic imine (C=N–C) groups is 2. The van der Waals surface area contributed by atoms with Crippen LogP contribution in [0.3, 0.4) is 0 Å². The number of carbonyl (C=O) groups excluding carboxylic acids is 2. The number of rotatable bonds is 4. The van der Waals surface area contributed by atoms with Gasteiger partial charge in [0.1, 0.15) is 0 Å². The molecule has 0 saturated heterocycles. The van der Waals surface area contributed by atoms with Crippen LogP contribution in [0.15, 0.2) is 46.4 Å². The van der Waals surface area contributed by atoms with Crippen LogP contribution in [0.4, 0.5) is 0 Å². The second-order valence-corrected chi connectivity index (χ2v) is 16.4. The molecule has 2 saturated carbocycles. The Morgan fingerprint density at radius 3 is 1.51 bits per heavy atom. The van der Waals surface area contributed by atoms with Gasteiger partial charge in [0.05, 0.1) is 18.3 Å². The summed E-state index contributed by atoms with van der Waals surface area (Å²) in [4.78, 5) is 39.3. The number of likely N-dealkylation sites (N-methyl/N-ethyl adjacent to an activating group) is 2. The van der Waals surface area contributed by atoms with Crippen LogP contribution in [0.1, 0.15) is 106 Å². The molecular formula is C41H59BN6NaO8. The molecule has 4 spiro atoms. The van der Waals surface area contributed by atoms with E-state index in [1.807, 2.05) is 24.3 Å². The molecule has 6 aliphatic rings. The SMILES string of the molecule is CO.COC1CCC2(CC1)Cc1ccc(C(C)(O)O)cc1C21N=C(N)N(C)C1=O.COC1CCC2(CC1)Cc1ccc(C(C)O)cc1C21N=C(N)N(C)C1=O.[B].[H-].[Na+]. The summed E-state index contributed by atoms with van der Waals surface area (Å²) in [6, 6.07) is 11.3. The topological polar surface area (TPSA) is 217 Å². The maximum absolute atomic E-state index is 13.5. The van der Waals surface area contributed by atoms with Gasteiger partial charge in [0.15, 0.2) is 28.8 Å². The average molecular weight is 798 g/mol. The number of ether oxygens (including phenoxy) is 2. The van der Waals surface area contributed by atoms with Crippen molar-refractivity contribution in [1.29, 1.82) is 0 Å². The molecular weight excluding hydrogens is 738 g/mol. The van der Waals surface area contributed by atoms with Gasteiger partial charge in [0.2, 0.25) is 0 Å². The van der Waals surface area contributed by atoms with E-state index in [9.17, 15) is 24.9 Å². The molecule has 8 N–H and O–H groups in total. The number of nitrogens with zero attached hydrogens (tertiary/aromatic N) is 4. The molecule has 8 rings (SSSR count). The fourth-order valence-corrected chi connectivity index (χ4v) is 10.4. The van der Waals surface area contributed by atoms with Crippen LogP contribution >= 0.6 is 0 Å². The third-order valence-electron chi connectivity index (χ3n) is 13.6. The Morgan fingerprint density at radius 2 is 1.18 bits per heavy atom. The first kappa shape index (κ1) is 46.8. The zero-order chi connectivity index (χ0) is 40.3. The van der Waals surface area contributed by atoms with E-state index in [-0.39, 0.29) is 86.2 Å². The van der Waals surface area contributed by atoms with Gasteiger partial charge in [-0.1, -0.05) is 24.3 Å². The molecule has 2 fully saturated rings. The Kier molecular flexibility index (Phi) is 14.0. The number of benzene rings is 2. The van der Waals surface area contributed by atoms with Crippen molar-refractivity contribution in [2.45, 2.75) is 113 Å². The van der Waals surface area contributed by atoms with Crippen molar-refractivity contribution in [3.8, 4) is 0 Å². The summed E-state index contributed by atoms with van der Waals surface area (Å²) >= 11 is 0. The molecule has 3 atom stereocenters. The smallest absolute Gasteiger partial charge is 1.00 e. The summed E-state index contributed by atoms with van der Waals surface area (Å²) in [5.41, 5.74) is 14.5. The van der Waals surface area contributed by atoms with E-state index in [4.69, 9.17) is 36.0 Å². The molecule has 3 radical (unpaired) electrons. The predicted molar refractivity (Wildman–Crippen MR) is 213 cm³/mol. The van der Waals surface area contributed by atoms with Crippen LogP contribution in [-0.4, -0.2) is 110 Å². The molecule has 14 nitrogen and oxygen atoms in total. The number of amides is 2. The predicted octanol–water partition coefficient (Wildman–Crippen LogP) is -0.845. The largest absolute Gasteiger partial charge is 1.00 e. The number of aliphatic hydroxyl groups excluding tert-OH is 2. The van der Waals surface area contributed by atoms with Crippen LogP contribution in [0.25, 0.3) is 0 Å². The summed E-state index contributed by atoms with van der Waals surface area (Å²) < 4.78 is 11.1. The summed E-state index contributed by atoms with van der Waals surface area (Å²) in [5, 5.41) is 37.2. The fourth-order valence-electron chi connectivity index (χ4n) is 10.4. The Bertz CT molecular complexity index is 1900. The number of aliphatic hydroxyl groups is 4. The van der Waals surface area contributed by atoms with Crippen molar-refractivity contribution < 1.29 is 70.5 Å². The van der Waals surface area contributed by atoms with Crippen molar-refractivity contribution in [3.05, 3.63) is 69.8 Å². The fraction of sp³-hybridized carbons (Fsp3) is 0.610. The third kappa shape index (κ3) is 7.18. The van der Waals surface area contributed by atoms with Gasteiger partial charge in [-0.25, -0.2) is 9.98 Å². The number of fused-ring (bicyclic) bond motifs is 6. The second kappa shape index (κ2) is 17.0. The van der Waals surface area contributed by atoms with Gasteiger partial charge in [-0.2, -0.15) is 0 Å². The summed E-state index contributed by atoms with van der Waals surface area (Å²) in [7, 11) is 7.82. The van der Waals surface area contributed by atoms with Crippen LogP contribution in [-0.2, 0) is 48.8 Å². The van der Waals surface area contributed by atoms with Gasteiger partial charge in [-0.3, -0.25) is 19.4 Å². The van der Waals surface area contributed by atoms with Crippen LogP contribution in [0.5, 0.6) is 0 Å². The number of nitrogens with two attached hydrogens (primary N) is 2. The van der Waals surface area contributed by atoms with E-state index in [2.05, 4.69) is 0 Å². The molecule has 3 unspecified atom stereocenters. The van der Waals surface area contributed by atoms with E-state index in [1.165, 1.54) is 16.7 Å². The Morgan fingerprint density at radius 1 is 0.789 bits per heavy atom. The van der Waals surface area contributed by atoms with Gasteiger partial charge < -0.3 is 42.8 Å². The maximum Gasteiger partial charge on any atom is 1.00 e. The summed E-state index contributed by atoms with van der Waals surface area (Å²) in [6.45, 7) is 3.05. The first-order chi connectivity index (χ1) is 26.0. The molecule has 2 heterocycles. The molecule has 2 aliphatic heterocycles. The van der Waals surface area contributed by atoms with E-state index in [1.54, 1.807) is 47.4 Å². The molecule has 16 heteroatoms. The van der Waals surface area contributed by atoms with E-state index < -0.39 is 23.0 Å². The first-order valence-electron chi connectivity index (χ1n) is 19.2. The minimum absolute atomic E-state index is 0. The minimum atomic E-state index is -1.98. The molecule has 0 aromatic heterocycles. The first-order valence-corrected chi connectivity index (χ1v) is 19.2. The number of hydrogen-bond acceptors (Lipinski definition) is 12. The number of hydrogen-bond donors (Lipinski definition) is 6. The molecule has 2 amide bonds. The Hall–Kier alpha value is -2.86. The molecule has 4 aliphatic carbocycles. The van der Waals surface area contributed by atoms with Crippen LogP contribution in [0, 0.1) is 10.8 Å². The maximum atomic E-state index is 13.5. The van der Waals surface area contributed by atoms with Crippen molar-refractivity contribution in [2.24, 2.45) is 32.3 Å². The van der Waals surface area contributed by atoms with Crippen molar-refractivity contribution in [1.82, 2.24) is 9.80 Å². The van der Waals surface area contributed by atoms with Crippen molar-refractivity contribution in [3.63, 3.8) is 0 Å². The Labute approximate surface area is 361 Å². The molecule has 2 aromatic rings.